The Kier molecular flexibility index (Phi) is 4.57. The molecule has 0 aromatic heterocycles. The average molecular weight is 289 g/mol. The summed E-state index contributed by atoms with van der Waals surface area (Å²) >= 11 is 0. The van der Waals surface area contributed by atoms with Gasteiger partial charge in [0.1, 0.15) is 12.6 Å². The molecule has 1 N–H and O–H groups in total. The third-order valence-corrected chi connectivity index (χ3v) is 3.06. The summed E-state index contributed by atoms with van der Waals surface area (Å²) in [6.45, 7) is 5.56. The minimum absolute atomic E-state index is 0.130. The van der Waals surface area contributed by atoms with E-state index in [1.807, 2.05) is 31.2 Å². The number of aliphatic imine (C=N–C) groups is 1. The highest BCUT2D eigenvalue weighted by Gasteiger charge is 2.33. The van der Waals surface area contributed by atoms with Crippen LogP contribution in [0, 0.1) is 6.92 Å². The van der Waals surface area contributed by atoms with Crippen LogP contribution in [0.5, 0.6) is 0 Å². The minimum Gasteiger partial charge on any atom is -0.465 e. The zero-order chi connectivity index (χ0) is 15.4. The molecule has 1 aliphatic heterocycles. The van der Waals surface area contributed by atoms with Crippen LogP contribution < -0.4 is 5.32 Å². The molecule has 112 valence electrons. The van der Waals surface area contributed by atoms with Gasteiger partial charge in [-0.3, -0.25) is 14.5 Å². The van der Waals surface area contributed by atoms with Crippen LogP contribution in [0.25, 0.3) is 0 Å². The molecule has 1 aromatic rings. The number of ether oxygens (including phenoxy) is 1. The lowest BCUT2D eigenvalue weighted by Gasteiger charge is -2.18. The van der Waals surface area contributed by atoms with Crippen molar-refractivity contribution in [2.45, 2.75) is 26.8 Å². The van der Waals surface area contributed by atoms with Crippen molar-refractivity contribution >= 4 is 23.5 Å². The van der Waals surface area contributed by atoms with E-state index in [1.165, 1.54) is 4.90 Å². The zero-order valence-electron chi connectivity index (χ0n) is 12.4. The summed E-state index contributed by atoms with van der Waals surface area (Å²) in [6.07, 6.45) is 0. The second-order valence-corrected chi connectivity index (χ2v) is 4.85. The van der Waals surface area contributed by atoms with Gasteiger partial charge >= 0.3 is 5.97 Å². The third kappa shape index (κ3) is 3.59. The maximum absolute atomic E-state index is 12.1. The lowest BCUT2D eigenvalue weighted by molar-refractivity contribution is -0.146. The molecule has 1 aromatic carbocycles. The van der Waals surface area contributed by atoms with Crippen molar-refractivity contribution in [3.63, 3.8) is 0 Å². The lowest BCUT2D eigenvalue weighted by atomic mass is 10.2. The van der Waals surface area contributed by atoms with Crippen molar-refractivity contribution in [2.24, 2.45) is 4.99 Å². The fourth-order valence-electron chi connectivity index (χ4n) is 2.08. The standard InChI is InChI=1S/C15H19N3O3/c1-4-21-13(19)9-18-14(20)11(3)16-15(18)17-12-7-5-6-10(2)8-12/h5-8,11H,4,9H2,1-3H3,(H,16,17). The highest BCUT2D eigenvalue weighted by molar-refractivity contribution is 6.11. The quantitative estimate of drug-likeness (QED) is 0.854. The van der Waals surface area contributed by atoms with E-state index in [1.54, 1.807) is 13.8 Å². The van der Waals surface area contributed by atoms with Crippen molar-refractivity contribution in [2.75, 3.05) is 18.5 Å². The van der Waals surface area contributed by atoms with Crippen LogP contribution in [0.4, 0.5) is 5.69 Å². The average Bonchev–Trinajstić information content (AvgIpc) is 2.67. The van der Waals surface area contributed by atoms with Gasteiger partial charge in [-0.2, -0.15) is 0 Å². The second-order valence-electron chi connectivity index (χ2n) is 4.85. The van der Waals surface area contributed by atoms with E-state index < -0.39 is 12.0 Å². The number of carbonyl (C=O) groups excluding carboxylic acids is 2. The first-order valence-corrected chi connectivity index (χ1v) is 6.89. The van der Waals surface area contributed by atoms with E-state index in [4.69, 9.17) is 4.74 Å². The van der Waals surface area contributed by atoms with Gasteiger partial charge in [-0.1, -0.05) is 12.1 Å². The Balaban J connectivity index is 2.13. The van der Waals surface area contributed by atoms with E-state index in [-0.39, 0.29) is 19.1 Å². The molecule has 0 aliphatic carbocycles. The number of rotatable bonds is 4. The van der Waals surface area contributed by atoms with Gasteiger partial charge in [-0.05, 0) is 38.5 Å². The number of hydrogen-bond acceptors (Lipinski definition) is 5. The molecule has 0 saturated heterocycles. The molecule has 0 spiro atoms. The Morgan fingerprint density at radius 3 is 2.90 bits per heavy atom. The fourth-order valence-corrected chi connectivity index (χ4v) is 2.08. The molecule has 0 saturated carbocycles. The number of aryl methyl sites for hydroxylation is 1. The number of anilines is 1. The molecule has 0 radical (unpaired) electrons. The van der Waals surface area contributed by atoms with Crippen molar-refractivity contribution in [1.29, 1.82) is 0 Å². The predicted molar refractivity (Wildman–Crippen MR) is 80.0 cm³/mol. The summed E-state index contributed by atoms with van der Waals surface area (Å²) in [6, 6.07) is 7.22. The molecule has 1 atom stereocenters. The summed E-state index contributed by atoms with van der Waals surface area (Å²) in [4.78, 5) is 29.3. The van der Waals surface area contributed by atoms with Crippen LogP contribution in [0.2, 0.25) is 0 Å². The largest absolute Gasteiger partial charge is 0.465 e. The summed E-state index contributed by atoms with van der Waals surface area (Å²) in [7, 11) is 0. The smallest absolute Gasteiger partial charge is 0.326 e. The number of nitrogens with zero attached hydrogens (tertiary/aromatic N) is 2. The molecule has 1 heterocycles. The summed E-state index contributed by atoms with van der Waals surface area (Å²) in [5, 5.41) is 3.09. The molecular formula is C15H19N3O3. The van der Waals surface area contributed by atoms with Crippen molar-refractivity contribution < 1.29 is 14.3 Å². The first kappa shape index (κ1) is 15.0. The summed E-state index contributed by atoms with van der Waals surface area (Å²) in [5.74, 6) is -0.275. The van der Waals surface area contributed by atoms with Gasteiger partial charge in [-0.15, -0.1) is 0 Å². The van der Waals surface area contributed by atoms with Gasteiger partial charge in [0.25, 0.3) is 5.91 Å². The Labute approximate surface area is 123 Å². The molecule has 6 nitrogen and oxygen atoms in total. The Morgan fingerprint density at radius 2 is 2.24 bits per heavy atom. The molecular weight excluding hydrogens is 270 g/mol. The molecule has 0 fully saturated rings. The van der Waals surface area contributed by atoms with Crippen LogP contribution in [-0.2, 0) is 14.3 Å². The molecule has 0 bridgehead atoms. The topological polar surface area (TPSA) is 71.0 Å². The molecule has 1 amide bonds. The van der Waals surface area contributed by atoms with Crippen LogP contribution in [0.3, 0.4) is 0 Å². The van der Waals surface area contributed by atoms with E-state index in [0.717, 1.165) is 11.3 Å². The molecule has 2 rings (SSSR count). The van der Waals surface area contributed by atoms with E-state index in [2.05, 4.69) is 10.3 Å². The number of hydrogen-bond donors (Lipinski definition) is 1. The van der Waals surface area contributed by atoms with Crippen LogP contribution >= 0.6 is 0 Å². The van der Waals surface area contributed by atoms with Crippen molar-refractivity contribution in [1.82, 2.24) is 4.90 Å². The van der Waals surface area contributed by atoms with Gasteiger partial charge in [0.2, 0.25) is 5.96 Å². The van der Waals surface area contributed by atoms with Gasteiger partial charge in [0, 0.05) is 5.69 Å². The van der Waals surface area contributed by atoms with E-state index in [9.17, 15) is 9.59 Å². The monoisotopic (exact) mass is 289 g/mol. The van der Waals surface area contributed by atoms with E-state index >= 15 is 0 Å². The zero-order valence-corrected chi connectivity index (χ0v) is 12.4. The SMILES string of the molecule is CCOC(=O)CN1C(=O)C(C)N=C1Nc1cccc(C)c1. The predicted octanol–water partition coefficient (Wildman–Crippen LogP) is 1.56. The van der Waals surface area contributed by atoms with Gasteiger partial charge in [0.15, 0.2) is 0 Å². The van der Waals surface area contributed by atoms with Crippen LogP contribution in [0.15, 0.2) is 29.3 Å². The Bertz CT molecular complexity index is 583. The number of benzene rings is 1. The highest BCUT2D eigenvalue weighted by atomic mass is 16.5. The number of amides is 1. The Hall–Kier alpha value is -2.37. The van der Waals surface area contributed by atoms with Crippen LogP contribution in [-0.4, -0.2) is 41.9 Å². The maximum Gasteiger partial charge on any atom is 0.326 e. The normalized spacial score (nSPS) is 17.7. The number of nitrogens with one attached hydrogen (secondary N) is 1. The Morgan fingerprint density at radius 1 is 1.48 bits per heavy atom. The lowest BCUT2D eigenvalue weighted by Crippen LogP contribution is -2.42. The number of guanidine groups is 1. The highest BCUT2D eigenvalue weighted by Crippen LogP contribution is 2.15. The molecule has 6 heteroatoms. The summed E-state index contributed by atoms with van der Waals surface area (Å²) < 4.78 is 4.89. The van der Waals surface area contributed by atoms with E-state index in [0.29, 0.717) is 5.96 Å². The molecule has 1 unspecified atom stereocenters. The van der Waals surface area contributed by atoms with Crippen molar-refractivity contribution in [3.8, 4) is 0 Å². The molecule has 21 heavy (non-hydrogen) atoms. The minimum atomic E-state index is -0.494. The first-order chi connectivity index (χ1) is 10.0. The first-order valence-electron chi connectivity index (χ1n) is 6.89. The second kappa shape index (κ2) is 6.39. The third-order valence-electron chi connectivity index (χ3n) is 3.06. The van der Waals surface area contributed by atoms with Gasteiger partial charge in [-0.25, -0.2) is 4.99 Å². The number of carbonyl (C=O) groups is 2. The number of esters is 1. The molecule has 1 aliphatic rings. The van der Waals surface area contributed by atoms with Crippen molar-refractivity contribution in [3.05, 3.63) is 29.8 Å². The van der Waals surface area contributed by atoms with Gasteiger partial charge in [0.05, 0.1) is 6.61 Å². The maximum atomic E-state index is 12.1. The summed E-state index contributed by atoms with van der Waals surface area (Å²) in [5.41, 5.74) is 1.92. The van der Waals surface area contributed by atoms with Crippen LogP contribution in [0.1, 0.15) is 19.4 Å². The van der Waals surface area contributed by atoms with Gasteiger partial charge < -0.3 is 10.1 Å². The fraction of sp³-hybridized carbons (Fsp3) is 0.400.